The molecule has 3 N–H and O–H groups in total. The highest BCUT2D eigenvalue weighted by atomic mass is 16.3. The van der Waals surface area contributed by atoms with Crippen LogP contribution in [0.1, 0.15) is 24.0 Å². The quantitative estimate of drug-likeness (QED) is 0.799. The highest BCUT2D eigenvalue weighted by Crippen LogP contribution is 2.19. The second-order valence-electron chi connectivity index (χ2n) is 4.47. The van der Waals surface area contributed by atoms with Crippen LogP contribution in [0.3, 0.4) is 0 Å². The molecule has 16 heavy (non-hydrogen) atoms. The van der Waals surface area contributed by atoms with Crippen molar-refractivity contribution in [2.24, 2.45) is 5.73 Å². The van der Waals surface area contributed by atoms with Crippen LogP contribution in [-0.4, -0.2) is 29.2 Å². The molecule has 1 atom stereocenters. The third kappa shape index (κ3) is 2.61. The van der Waals surface area contributed by atoms with Crippen molar-refractivity contribution in [1.29, 1.82) is 0 Å². The topological polar surface area (TPSA) is 49.5 Å². The summed E-state index contributed by atoms with van der Waals surface area (Å²) in [5.41, 5.74) is 8.04. The van der Waals surface area contributed by atoms with E-state index < -0.39 is 0 Å². The predicted molar refractivity (Wildman–Crippen MR) is 64.9 cm³/mol. The maximum atomic E-state index is 9.24. The number of hydrogen-bond acceptors (Lipinski definition) is 3. The minimum atomic E-state index is 0.279. The average molecular weight is 220 g/mol. The summed E-state index contributed by atoms with van der Waals surface area (Å²) in [6.45, 7) is 2.92. The molecule has 2 rings (SSSR count). The van der Waals surface area contributed by atoms with E-state index >= 15 is 0 Å². The van der Waals surface area contributed by atoms with Crippen molar-refractivity contribution in [3.05, 3.63) is 35.4 Å². The van der Waals surface area contributed by atoms with E-state index in [1.165, 1.54) is 17.5 Å². The molecule has 1 saturated heterocycles. The number of aliphatic hydroxyl groups is 1. The Morgan fingerprint density at radius 3 is 2.56 bits per heavy atom. The Bertz CT molecular complexity index is 323. The lowest BCUT2D eigenvalue weighted by Gasteiger charge is -2.22. The van der Waals surface area contributed by atoms with E-state index in [1.54, 1.807) is 0 Å². The minimum Gasteiger partial charge on any atom is -0.395 e. The summed E-state index contributed by atoms with van der Waals surface area (Å²) in [7, 11) is 0. The fourth-order valence-corrected chi connectivity index (χ4v) is 2.33. The monoisotopic (exact) mass is 220 g/mol. The molecule has 0 radical (unpaired) electrons. The van der Waals surface area contributed by atoms with E-state index in [2.05, 4.69) is 29.2 Å². The maximum Gasteiger partial charge on any atom is 0.0587 e. The number of aliphatic hydroxyl groups excluding tert-OH is 1. The first-order valence-electron chi connectivity index (χ1n) is 5.96. The van der Waals surface area contributed by atoms with Crippen LogP contribution < -0.4 is 5.73 Å². The zero-order valence-corrected chi connectivity index (χ0v) is 9.60. The molecule has 0 amide bonds. The van der Waals surface area contributed by atoms with Gasteiger partial charge in [-0.2, -0.15) is 0 Å². The van der Waals surface area contributed by atoms with Crippen molar-refractivity contribution in [1.82, 2.24) is 4.90 Å². The molecule has 0 saturated carbocycles. The van der Waals surface area contributed by atoms with E-state index in [-0.39, 0.29) is 6.61 Å². The van der Waals surface area contributed by atoms with Gasteiger partial charge >= 0.3 is 0 Å². The van der Waals surface area contributed by atoms with Gasteiger partial charge in [-0.05, 0) is 30.5 Å². The van der Waals surface area contributed by atoms with Crippen LogP contribution in [0.4, 0.5) is 0 Å². The lowest BCUT2D eigenvalue weighted by Crippen LogP contribution is -2.31. The smallest absolute Gasteiger partial charge is 0.0587 e. The van der Waals surface area contributed by atoms with Gasteiger partial charge in [-0.15, -0.1) is 0 Å². The molecule has 1 unspecified atom stereocenters. The molecular weight excluding hydrogens is 200 g/mol. The molecular formula is C13H20N2O. The van der Waals surface area contributed by atoms with Crippen LogP contribution in [0.2, 0.25) is 0 Å². The number of hydrogen-bond donors (Lipinski definition) is 2. The molecule has 3 heteroatoms. The van der Waals surface area contributed by atoms with Gasteiger partial charge in [0.25, 0.3) is 0 Å². The van der Waals surface area contributed by atoms with Gasteiger partial charge in [-0.25, -0.2) is 0 Å². The van der Waals surface area contributed by atoms with Crippen LogP contribution in [0.25, 0.3) is 0 Å². The van der Waals surface area contributed by atoms with Crippen molar-refractivity contribution in [3.63, 3.8) is 0 Å². The standard InChI is InChI=1S/C13H20N2O/c14-8-11-3-5-12(6-4-11)9-15-7-1-2-13(15)10-16/h3-6,13,16H,1-2,7-10,14H2. The van der Waals surface area contributed by atoms with E-state index in [9.17, 15) is 5.11 Å². The first kappa shape index (κ1) is 11.6. The second-order valence-corrected chi connectivity index (χ2v) is 4.47. The fourth-order valence-electron chi connectivity index (χ4n) is 2.33. The zero-order chi connectivity index (χ0) is 11.4. The molecule has 1 fully saturated rings. The van der Waals surface area contributed by atoms with Crippen LogP contribution >= 0.6 is 0 Å². The number of nitrogens with zero attached hydrogens (tertiary/aromatic N) is 1. The SMILES string of the molecule is NCc1ccc(CN2CCCC2CO)cc1. The molecule has 0 aromatic heterocycles. The first-order chi connectivity index (χ1) is 7.83. The second kappa shape index (κ2) is 5.43. The summed E-state index contributed by atoms with van der Waals surface area (Å²) < 4.78 is 0. The molecule has 1 aromatic rings. The van der Waals surface area contributed by atoms with E-state index in [0.717, 1.165) is 19.5 Å². The first-order valence-corrected chi connectivity index (χ1v) is 5.96. The highest BCUT2D eigenvalue weighted by Gasteiger charge is 2.23. The van der Waals surface area contributed by atoms with Crippen molar-refractivity contribution in [2.45, 2.75) is 32.0 Å². The summed E-state index contributed by atoms with van der Waals surface area (Å²) in [5.74, 6) is 0. The Morgan fingerprint density at radius 2 is 1.94 bits per heavy atom. The molecule has 0 aliphatic carbocycles. The van der Waals surface area contributed by atoms with Crippen molar-refractivity contribution in [3.8, 4) is 0 Å². The maximum absolute atomic E-state index is 9.24. The molecule has 0 bridgehead atoms. The normalized spacial score (nSPS) is 21.5. The van der Waals surface area contributed by atoms with Gasteiger partial charge in [0.2, 0.25) is 0 Å². The predicted octanol–water partition coefficient (Wildman–Crippen LogP) is 1.10. The van der Waals surface area contributed by atoms with Crippen molar-refractivity contribution >= 4 is 0 Å². The molecule has 0 spiro atoms. The van der Waals surface area contributed by atoms with Gasteiger partial charge in [0, 0.05) is 19.1 Å². The largest absolute Gasteiger partial charge is 0.395 e. The van der Waals surface area contributed by atoms with Gasteiger partial charge in [0.05, 0.1) is 6.61 Å². The molecule has 88 valence electrons. The van der Waals surface area contributed by atoms with Gasteiger partial charge in [-0.1, -0.05) is 24.3 Å². The molecule has 1 aliphatic heterocycles. The lowest BCUT2D eigenvalue weighted by atomic mass is 10.1. The van der Waals surface area contributed by atoms with Crippen molar-refractivity contribution in [2.75, 3.05) is 13.2 Å². The summed E-state index contributed by atoms with van der Waals surface area (Å²) in [6, 6.07) is 8.79. The number of nitrogens with two attached hydrogens (primary N) is 1. The Kier molecular flexibility index (Phi) is 3.93. The van der Waals surface area contributed by atoms with Crippen molar-refractivity contribution < 1.29 is 5.11 Å². The lowest BCUT2D eigenvalue weighted by molar-refractivity contribution is 0.153. The van der Waals surface area contributed by atoms with Crippen LogP contribution in [-0.2, 0) is 13.1 Å². The van der Waals surface area contributed by atoms with E-state index in [0.29, 0.717) is 12.6 Å². The van der Waals surface area contributed by atoms with Crippen LogP contribution in [0.5, 0.6) is 0 Å². The Hall–Kier alpha value is -0.900. The summed E-state index contributed by atoms with van der Waals surface area (Å²) in [6.07, 6.45) is 2.32. The number of benzene rings is 1. The average Bonchev–Trinajstić information content (AvgIpc) is 2.77. The third-order valence-electron chi connectivity index (χ3n) is 3.35. The Morgan fingerprint density at radius 1 is 1.25 bits per heavy atom. The minimum absolute atomic E-state index is 0.279. The van der Waals surface area contributed by atoms with Gasteiger partial charge in [0.15, 0.2) is 0 Å². The number of rotatable bonds is 4. The molecule has 1 aromatic carbocycles. The molecule has 3 nitrogen and oxygen atoms in total. The van der Waals surface area contributed by atoms with E-state index in [4.69, 9.17) is 5.73 Å². The summed E-state index contributed by atoms with van der Waals surface area (Å²) >= 11 is 0. The highest BCUT2D eigenvalue weighted by molar-refractivity contribution is 5.22. The third-order valence-corrected chi connectivity index (χ3v) is 3.35. The van der Waals surface area contributed by atoms with Gasteiger partial charge < -0.3 is 10.8 Å². The van der Waals surface area contributed by atoms with Crippen LogP contribution in [0.15, 0.2) is 24.3 Å². The Balaban J connectivity index is 1.97. The molecule has 1 aliphatic rings. The molecule has 1 heterocycles. The van der Waals surface area contributed by atoms with Gasteiger partial charge in [0.1, 0.15) is 0 Å². The zero-order valence-electron chi connectivity index (χ0n) is 9.60. The number of likely N-dealkylation sites (tertiary alicyclic amines) is 1. The van der Waals surface area contributed by atoms with Gasteiger partial charge in [-0.3, -0.25) is 4.90 Å². The Labute approximate surface area is 96.9 Å². The fraction of sp³-hybridized carbons (Fsp3) is 0.538. The summed E-state index contributed by atoms with van der Waals surface area (Å²) in [5, 5.41) is 9.24. The summed E-state index contributed by atoms with van der Waals surface area (Å²) in [4.78, 5) is 2.36. The van der Waals surface area contributed by atoms with Crippen LogP contribution in [0, 0.1) is 0 Å². The van der Waals surface area contributed by atoms with E-state index in [1.807, 2.05) is 0 Å².